The van der Waals surface area contributed by atoms with Crippen LogP contribution in [0.15, 0.2) is 59.5 Å². The number of amides is 2. The molecule has 9 nitrogen and oxygen atoms in total. The Kier molecular flexibility index (Phi) is 6.81. The number of nitrogens with one attached hydrogen (secondary N) is 2. The van der Waals surface area contributed by atoms with Crippen molar-refractivity contribution in [2.45, 2.75) is 4.90 Å². The lowest BCUT2D eigenvalue weighted by atomic mass is 10.2. The number of hydrazine groups is 1. The van der Waals surface area contributed by atoms with E-state index in [0.717, 1.165) is 0 Å². The molecular weight excluding hydrogens is 398 g/mol. The van der Waals surface area contributed by atoms with E-state index in [0.29, 0.717) is 19.0 Å². The second-order valence-electron chi connectivity index (χ2n) is 6.15. The van der Waals surface area contributed by atoms with E-state index in [9.17, 15) is 18.0 Å². The van der Waals surface area contributed by atoms with Crippen LogP contribution in [-0.2, 0) is 19.6 Å². The van der Waals surface area contributed by atoms with Crippen LogP contribution in [0.25, 0.3) is 0 Å². The van der Waals surface area contributed by atoms with Gasteiger partial charge in [0.15, 0.2) is 6.61 Å². The topological polar surface area (TPSA) is 114 Å². The summed E-state index contributed by atoms with van der Waals surface area (Å²) in [6.45, 7) is 0.898. The molecule has 0 radical (unpaired) electrons. The van der Waals surface area contributed by atoms with Gasteiger partial charge in [0, 0.05) is 18.7 Å². The van der Waals surface area contributed by atoms with Gasteiger partial charge in [-0.2, -0.15) is 4.31 Å². The Bertz CT molecular complexity index is 959. The van der Waals surface area contributed by atoms with E-state index in [4.69, 9.17) is 9.47 Å². The molecule has 0 unspecified atom stereocenters. The van der Waals surface area contributed by atoms with Gasteiger partial charge < -0.3 is 9.47 Å². The van der Waals surface area contributed by atoms with Crippen LogP contribution in [0.2, 0.25) is 0 Å². The fourth-order valence-corrected chi connectivity index (χ4v) is 4.09. The average molecular weight is 419 g/mol. The first-order chi connectivity index (χ1) is 14.0. The van der Waals surface area contributed by atoms with Gasteiger partial charge in [-0.15, -0.1) is 0 Å². The molecule has 0 atom stereocenters. The number of carbonyl (C=O) groups is 2. The Balaban J connectivity index is 1.57. The van der Waals surface area contributed by atoms with Crippen LogP contribution in [0.3, 0.4) is 0 Å². The van der Waals surface area contributed by atoms with Crippen LogP contribution in [0, 0.1) is 0 Å². The number of rotatable bonds is 6. The summed E-state index contributed by atoms with van der Waals surface area (Å²) in [5.74, 6) is -0.675. The van der Waals surface area contributed by atoms with Gasteiger partial charge in [0.05, 0.1) is 18.1 Å². The van der Waals surface area contributed by atoms with E-state index in [2.05, 4.69) is 10.9 Å². The Morgan fingerprint density at radius 1 is 1.00 bits per heavy atom. The van der Waals surface area contributed by atoms with E-state index in [1.807, 2.05) is 6.07 Å². The standard InChI is InChI=1S/C19H21N3O6S/c23-18(14-28-16-6-2-1-3-7-16)20-21-19(24)15-5-4-8-17(13-15)29(25,26)22-9-11-27-12-10-22/h1-8,13H,9-12,14H2,(H,20,23)(H,21,24). The molecule has 154 valence electrons. The summed E-state index contributed by atoms with van der Waals surface area (Å²) in [4.78, 5) is 24.1. The highest BCUT2D eigenvalue weighted by molar-refractivity contribution is 7.89. The molecule has 1 fully saturated rings. The lowest BCUT2D eigenvalue weighted by Gasteiger charge is -2.26. The van der Waals surface area contributed by atoms with Gasteiger partial charge in [-0.3, -0.25) is 20.4 Å². The maximum absolute atomic E-state index is 12.7. The van der Waals surface area contributed by atoms with E-state index < -0.39 is 21.8 Å². The van der Waals surface area contributed by atoms with Crippen molar-refractivity contribution in [3.8, 4) is 5.75 Å². The van der Waals surface area contributed by atoms with Crippen molar-refractivity contribution in [3.63, 3.8) is 0 Å². The monoisotopic (exact) mass is 419 g/mol. The molecule has 10 heteroatoms. The third-order valence-electron chi connectivity index (χ3n) is 4.13. The highest BCUT2D eigenvalue weighted by Gasteiger charge is 2.26. The van der Waals surface area contributed by atoms with E-state index in [1.165, 1.54) is 28.6 Å². The molecule has 2 aromatic carbocycles. The predicted molar refractivity (Wildman–Crippen MR) is 104 cm³/mol. The van der Waals surface area contributed by atoms with Crippen molar-refractivity contribution in [1.82, 2.24) is 15.2 Å². The zero-order chi connectivity index (χ0) is 20.7. The number of hydrogen-bond acceptors (Lipinski definition) is 6. The number of para-hydroxylation sites is 1. The number of ether oxygens (including phenoxy) is 2. The second-order valence-corrected chi connectivity index (χ2v) is 8.09. The Hall–Kier alpha value is -2.95. The number of nitrogens with zero attached hydrogens (tertiary/aromatic N) is 1. The molecule has 2 amide bonds. The molecular formula is C19H21N3O6S. The maximum atomic E-state index is 12.7. The SMILES string of the molecule is O=C(COc1ccccc1)NNC(=O)c1cccc(S(=O)(=O)N2CCOCC2)c1. The summed E-state index contributed by atoms with van der Waals surface area (Å²) >= 11 is 0. The summed E-state index contributed by atoms with van der Waals surface area (Å²) in [6, 6.07) is 14.4. The van der Waals surface area contributed by atoms with Gasteiger partial charge in [-0.05, 0) is 30.3 Å². The average Bonchev–Trinajstić information content (AvgIpc) is 2.77. The second kappa shape index (κ2) is 9.50. The fourth-order valence-electron chi connectivity index (χ4n) is 2.63. The number of benzene rings is 2. The lowest BCUT2D eigenvalue weighted by Crippen LogP contribution is -2.44. The van der Waals surface area contributed by atoms with Crippen molar-refractivity contribution in [2.75, 3.05) is 32.9 Å². The molecule has 29 heavy (non-hydrogen) atoms. The zero-order valence-corrected chi connectivity index (χ0v) is 16.4. The highest BCUT2D eigenvalue weighted by atomic mass is 32.2. The van der Waals surface area contributed by atoms with Crippen LogP contribution < -0.4 is 15.6 Å². The number of carbonyl (C=O) groups excluding carboxylic acids is 2. The highest BCUT2D eigenvalue weighted by Crippen LogP contribution is 2.18. The van der Waals surface area contributed by atoms with E-state index in [-0.39, 0.29) is 30.2 Å². The van der Waals surface area contributed by atoms with Crippen molar-refractivity contribution in [3.05, 3.63) is 60.2 Å². The van der Waals surface area contributed by atoms with Gasteiger partial charge >= 0.3 is 0 Å². The normalized spacial score (nSPS) is 14.8. The molecule has 0 aliphatic carbocycles. The summed E-state index contributed by atoms with van der Waals surface area (Å²) < 4.78 is 37.2. The fraction of sp³-hybridized carbons (Fsp3) is 0.263. The third kappa shape index (κ3) is 5.53. The van der Waals surface area contributed by atoms with Crippen LogP contribution >= 0.6 is 0 Å². The first-order valence-electron chi connectivity index (χ1n) is 8.92. The Labute approximate surface area is 168 Å². The Morgan fingerprint density at radius 3 is 2.45 bits per heavy atom. The molecule has 2 aromatic rings. The summed E-state index contributed by atoms with van der Waals surface area (Å²) in [7, 11) is -3.72. The molecule has 1 saturated heterocycles. The van der Waals surface area contributed by atoms with Crippen molar-refractivity contribution in [1.29, 1.82) is 0 Å². The van der Waals surface area contributed by atoms with Gasteiger partial charge in [0.25, 0.3) is 11.8 Å². The molecule has 0 aromatic heterocycles. The van der Waals surface area contributed by atoms with Crippen LogP contribution in [-0.4, -0.2) is 57.4 Å². The molecule has 2 N–H and O–H groups in total. The van der Waals surface area contributed by atoms with Gasteiger partial charge in [0.1, 0.15) is 5.75 Å². The minimum Gasteiger partial charge on any atom is -0.484 e. The summed E-state index contributed by atoms with van der Waals surface area (Å²) in [5, 5.41) is 0. The van der Waals surface area contributed by atoms with Crippen molar-refractivity contribution >= 4 is 21.8 Å². The quantitative estimate of drug-likeness (QED) is 0.661. The predicted octanol–water partition coefficient (Wildman–Crippen LogP) is 0.547. The summed E-state index contributed by atoms with van der Waals surface area (Å²) in [6.07, 6.45) is 0. The number of sulfonamides is 1. The van der Waals surface area contributed by atoms with E-state index in [1.54, 1.807) is 24.3 Å². The van der Waals surface area contributed by atoms with Crippen molar-refractivity contribution < 1.29 is 27.5 Å². The number of morpholine rings is 1. The zero-order valence-electron chi connectivity index (χ0n) is 15.5. The molecule has 0 bridgehead atoms. The van der Waals surface area contributed by atoms with Crippen molar-refractivity contribution in [2.24, 2.45) is 0 Å². The molecule has 1 aliphatic rings. The minimum atomic E-state index is -3.72. The van der Waals surface area contributed by atoms with Gasteiger partial charge in [-0.25, -0.2) is 8.42 Å². The lowest BCUT2D eigenvalue weighted by molar-refractivity contribution is -0.123. The van der Waals surface area contributed by atoms with Crippen LogP contribution in [0.5, 0.6) is 5.75 Å². The first kappa shape index (κ1) is 20.8. The maximum Gasteiger partial charge on any atom is 0.276 e. The van der Waals surface area contributed by atoms with Crippen LogP contribution in [0.1, 0.15) is 10.4 Å². The largest absolute Gasteiger partial charge is 0.484 e. The molecule has 3 rings (SSSR count). The minimum absolute atomic E-state index is 0.00536. The first-order valence-corrected chi connectivity index (χ1v) is 10.4. The van der Waals surface area contributed by atoms with Gasteiger partial charge in [-0.1, -0.05) is 24.3 Å². The smallest absolute Gasteiger partial charge is 0.276 e. The van der Waals surface area contributed by atoms with E-state index >= 15 is 0 Å². The number of hydrogen-bond donors (Lipinski definition) is 2. The molecule has 0 spiro atoms. The van der Waals surface area contributed by atoms with Crippen LogP contribution in [0.4, 0.5) is 0 Å². The summed E-state index contributed by atoms with van der Waals surface area (Å²) in [5.41, 5.74) is 4.58. The molecule has 1 heterocycles. The Morgan fingerprint density at radius 2 is 1.72 bits per heavy atom. The third-order valence-corrected chi connectivity index (χ3v) is 6.03. The molecule has 1 aliphatic heterocycles. The molecule has 0 saturated carbocycles. The van der Waals surface area contributed by atoms with Gasteiger partial charge in [0.2, 0.25) is 10.0 Å².